The van der Waals surface area contributed by atoms with Gasteiger partial charge in [-0.05, 0) is 17.7 Å². The van der Waals surface area contributed by atoms with Gasteiger partial charge in [0, 0.05) is 20.7 Å². The number of benzene rings is 2. The predicted molar refractivity (Wildman–Crippen MR) is 95.9 cm³/mol. The topological polar surface area (TPSA) is 36.9 Å². The molecule has 120 valence electrons. The lowest BCUT2D eigenvalue weighted by atomic mass is 10.1. The zero-order valence-electron chi connectivity index (χ0n) is 13.7. The van der Waals surface area contributed by atoms with Crippen LogP contribution < -0.4 is 10.2 Å². The second-order valence-electron chi connectivity index (χ2n) is 5.82. The third-order valence-corrected chi connectivity index (χ3v) is 4.08. The number of rotatable bonds is 6. The van der Waals surface area contributed by atoms with Crippen LogP contribution in [0.2, 0.25) is 0 Å². The number of anilines is 1. The van der Waals surface area contributed by atoms with E-state index in [1.165, 1.54) is 11.3 Å². The summed E-state index contributed by atoms with van der Waals surface area (Å²) < 4.78 is 5.36. The molecule has 0 fully saturated rings. The van der Waals surface area contributed by atoms with Gasteiger partial charge in [0.25, 0.3) is 0 Å². The Balaban J connectivity index is 1.71. The molecule has 0 amide bonds. The van der Waals surface area contributed by atoms with Crippen molar-refractivity contribution in [1.82, 2.24) is 5.32 Å². The van der Waals surface area contributed by atoms with Crippen LogP contribution in [0.15, 0.2) is 59.6 Å². The SMILES string of the molecule is COC[C@@H](NCC1=Nc2ccccc2N(C)C1)c1ccccc1. The summed E-state index contributed by atoms with van der Waals surface area (Å²) in [6.45, 7) is 2.24. The first kappa shape index (κ1) is 15.7. The average Bonchev–Trinajstić information content (AvgIpc) is 2.59. The Bertz CT molecular complexity index is 669. The van der Waals surface area contributed by atoms with Crippen molar-refractivity contribution < 1.29 is 4.74 Å². The van der Waals surface area contributed by atoms with Gasteiger partial charge in [-0.15, -0.1) is 0 Å². The van der Waals surface area contributed by atoms with Crippen molar-refractivity contribution in [3.8, 4) is 0 Å². The fourth-order valence-electron chi connectivity index (χ4n) is 2.91. The Morgan fingerprint density at radius 1 is 1.13 bits per heavy atom. The smallest absolute Gasteiger partial charge is 0.0863 e. The van der Waals surface area contributed by atoms with Gasteiger partial charge < -0.3 is 15.0 Å². The minimum atomic E-state index is 0.173. The highest BCUT2D eigenvalue weighted by Crippen LogP contribution is 2.30. The Labute approximate surface area is 137 Å². The number of methoxy groups -OCH3 is 1. The molecule has 0 aromatic heterocycles. The molecule has 1 heterocycles. The van der Waals surface area contributed by atoms with E-state index in [0.717, 1.165) is 24.5 Å². The van der Waals surface area contributed by atoms with Gasteiger partial charge >= 0.3 is 0 Å². The largest absolute Gasteiger partial charge is 0.383 e. The fourth-order valence-corrected chi connectivity index (χ4v) is 2.91. The van der Waals surface area contributed by atoms with E-state index in [4.69, 9.17) is 9.73 Å². The van der Waals surface area contributed by atoms with Gasteiger partial charge in [-0.1, -0.05) is 42.5 Å². The van der Waals surface area contributed by atoms with Crippen molar-refractivity contribution in [2.45, 2.75) is 6.04 Å². The van der Waals surface area contributed by atoms with Gasteiger partial charge in [-0.3, -0.25) is 4.99 Å². The highest BCUT2D eigenvalue weighted by atomic mass is 16.5. The highest BCUT2D eigenvalue weighted by molar-refractivity contribution is 5.97. The number of nitrogens with one attached hydrogen (secondary N) is 1. The number of hydrogen-bond acceptors (Lipinski definition) is 4. The molecule has 0 saturated carbocycles. The van der Waals surface area contributed by atoms with Crippen LogP contribution in [0.4, 0.5) is 11.4 Å². The van der Waals surface area contributed by atoms with Crippen molar-refractivity contribution in [2.75, 3.05) is 38.8 Å². The maximum Gasteiger partial charge on any atom is 0.0863 e. The quantitative estimate of drug-likeness (QED) is 0.890. The summed E-state index contributed by atoms with van der Waals surface area (Å²) in [4.78, 5) is 7.04. The molecule has 23 heavy (non-hydrogen) atoms. The minimum Gasteiger partial charge on any atom is -0.383 e. The molecule has 0 radical (unpaired) electrons. The van der Waals surface area contributed by atoms with Crippen LogP contribution >= 0.6 is 0 Å². The van der Waals surface area contributed by atoms with E-state index < -0.39 is 0 Å². The third kappa shape index (κ3) is 3.78. The summed E-state index contributed by atoms with van der Waals surface area (Å²) in [5, 5.41) is 3.58. The van der Waals surface area contributed by atoms with Crippen LogP contribution in [0.1, 0.15) is 11.6 Å². The Morgan fingerprint density at radius 2 is 1.87 bits per heavy atom. The van der Waals surface area contributed by atoms with E-state index in [1.807, 2.05) is 12.1 Å². The maximum absolute atomic E-state index is 5.36. The second kappa shape index (κ2) is 7.40. The van der Waals surface area contributed by atoms with E-state index in [9.17, 15) is 0 Å². The van der Waals surface area contributed by atoms with Gasteiger partial charge in [-0.2, -0.15) is 0 Å². The van der Waals surface area contributed by atoms with E-state index in [0.29, 0.717) is 6.61 Å². The van der Waals surface area contributed by atoms with Crippen molar-refractivity contribution in [3.63, 3.8) is 0 Å². The molecule has 2 aromatic carbocycles. The van der Waals surface area contributed by atoms with Crippen molar-refractivity contribution in [3.05, 3.63) is 60.2 Å². The van der Waals surface area contributed by atoms with Crippen molar-refractivity contribution in [1.29, 1.82) is 0 Å². The summed E-state index contributed by atoms with van der Waals surface area (Å²) in [6.07, 6.45) is 0. The van der Waals surface area contributed by atoms with E-state index in [-0.39, 0.29) is 6.04 Å². The van der Waals surface area contributed by atoms with E-state index in [2.05, 4.69) is 59.7 Å². The molecule has 4 heteroatoms. The molecule has 3 rings (SSSR count). The summed E-state index contributed by atoms with van der Waals surface area (Å²) in [5.41, 5.74) is 4.61. The summed E-state index contributed by atoms with van der Waals surface area (Å²) in [6, 6.07) is 18.8. The molecular weight excluding hydrogens is 286 g/mol. The van der Waals surface area contributed by atoms with Crippen LogP contribution in [0, 0.1) is 0 Å². The normalized spacial score (nSPS) is 15.0. The molecule has 1 N–H and O–H groups in total. The molecule has 0 unspecified atom stereocenters. The summed E-state index contributed by atoms with van der Waals surface area (Å²) in [5.74, 6) is 0. The monoisotopic (exact) mass is 309 g/mol. The number of nitrogens with zero attached hydrogens (tertiary/aromatic N) is 2. The lowest BCUT2D eigenvalue weighted by Crippen LogP contribution is -2.37. The average molecular weight is 309 g/mol. The van der Waals surface area contributed by atoms with Crippen LogP contribution in [-0.2, 0) is 4.74 Å². The molecule has 4 nitrogen and oxygen atoms in total. The Kier molecular flexibility index (Phi) is 5.05. The maximum atomic E-state index is 5.36. The third-order valence-electron chi connectivity index (χ3n) is 4.08. The summed E-state index contributed by atoms with van der Waals surface area (Å²) >= 11 is 0. The molecule has 1 aliphatic heterocycles. The van der Waals surface area contributed by atoms with Crippen LogP contribution in [-0.4, -0.2) is 39.6 Å². The minimum absolute atomic E-state index is 0.173. The highest BCUT2D eigenvalue weighted by Gasteiger charge is 2.17. The van der Waals surface area contributed by atoms with E-state index >= 15 is 0 Å². The molecule has 2 aromatic rings. The lowest BCUT2D eigenvalue weighted by molar-refractivity contribution is 0.169. The number of ether oxygens (including phenoxy) is 1. The lowest BCUT2D eigenvalue weighted by Gasteiger charge is -2.27. The van der Waals surface area contributed by atoms with Crippen LogP contribution in [0.25, 0.3) is 0 Å². The number of aliphatic imine (C=N–C) groups is 1. The van der Waals surface area contributed by atoms with Gasteiger partial charge in [0.2, 0.25) is 0 Å². The zero-order valence-corrected chi connectivity index (χ0v) is 13.7. The van der Waals surface area contributed by atoms with Crippen molar-refractivity contribution in [2.24, 2.45) is 4.99 Å². The van der Waals surface area contributed by atoms with Crippen LogP contribution in [0.5, 0.6) is 0 Å². The summed E-state index contributed by atoms with van der Waals surface area (Å²) in [7, 11) is 3.84. The number of fused-ring (bicyclic) bond motifs is 1. The molecule has 0 saturated heterocycles. The first-order valence-corrected chi connectivity index (χ1v) is 7.92. The zero-order chi connectivity index (χ0) is 16.1. The van der Waals surface area contributed by atoms with Crippen LogP contribution in [0.3, 0.4) is 0 Å². The first-order valence-electron chi connectivity index (χ1n) is 7.92. The van der Waals surface area contributed by atoms with Crippen molar-refractivity contribution >= 4 is 17.1 Å². The molecular formula is C19H23N3O. The molecule has 1 atom stereocenters. The van der Waals surface area contributed by atoms with Gasteiger partial charge in [0.05, 0.1) is 36.3 Å². The molecule has 1 aliphatic rings. The van der Waals surface area contributed by atoms with Gasteiger partial charge in [0.15, 0.2) is 0 Å². The van der Waals surface area contributed by atoms with E-state index in [1.54, 1.807) is 7.11 Å². The number of para-hydroxylation sites is 2. The predicted octanol–water partition coefficient (Wildman–Crippen LogP) is 3.19. The molecule has 0 bridgehead atoms. The second-order valence-corrected chi connectivity index (χ2v) is 5.82. The fraction of sp³-hybridized carbons (Fsp3) is 0.316. The van der Waals surface area contributed by atoms with Gasteiger partial charge in [0.1, 0.15) is 0 Å². The van der Waals surface area contributed by atoms with Gasteiger partial charge in [-0.25, -0.2) is 0 Å². The number of hydrogen-bond donors (Lipinski definition) is 1. The molecule has 0 aliphatic carbocycles. The molecule has 0 spiro atoms. The standard InChI is InChI=1S/C19H23N3O/c1-22-13-16(21-17-10-6-7-11-19(17)22)12-20-18(14-23-2)15-8-4-3-5-9-15/h3-11,18,20H,12-14H2,1-2H3/t18-/m1/s1. The Hall–Kier alpha value is -2.17. The Morgan fingerprint density at radius 3 is 2.65 bits per heavy atom. The first-order chi connectivity index (χ1) is 11.3.